The maximum absolute atomic E-state index is 12.0. The van der Waals surface area contributed by atoms with E-state index in [1.54, 1.807) is 11.3 Å². The van der Waals surface area contributed by atoms with Gasteiger partial charge in [-0.05, 0) is 49.6 Å². The maximum Gasteiger partial charge on any atom is 0.141 e. The van der Waals surface area contributed by atoms with Gasteiger partial charge in [-0.2, -0.15) is 0 Å². The van der Waals surface area contributed by atoms with Crippen LogP contribution in [0.15, 0.2) is 17.5 Å². The lowest BCUT2D eigenvalue weighted by atomic mass is 9.79. The fourth-order valence-corrected chi connectivity index (χ4v) is 3.16. The average molecular weight is 237 g/mol. The van der Waals surface area contributed by atoms with Gasteiger partial charge in [0.05, 0.1) is 0 Å². The van der Waals surface area contributed by atoms with E-state index in [9.17, 15) is 4.79 Å². The van der Waals surface area contributed by atoms with E-state index in [4.69, 9.17) is 5.73 Å². The van der Waals surface area contributed by atoms with Crippen molar-refractivity contribution in [3.8, 4) is 0 Å². The third kappa shape index (κ3) is 2.92. The van der Waals surface area contributed by atoms with Crippen molar-refractivity contribution in [3.05, 3.63) is 22.4 Å². The molecular weight excluding hydrogens is 218 g/mol. The number of ketones is 1. The smallest absolute Gasteiger partial charge is 0.141 e. The molecule has 0 spiro atoms. The number of Topliss-reactive ketones (excluding diaryl/α,β-unsaturated/α-hetero) is 1. The highest BCUT2D eigenvalue weighted by Crippen LogP contribution is 2.29. The van der Waals surface area contributed by atoms with Gasteiger partial charge in [0.2, 0.25) is 0 Å². The molecule has 0 bridgehead atoms. The molecule has 3 heteroatoms. The first-order valence-electron chi connectivity index (χ1n) is 6.04. The Balaban J connectivity index is 1.82. The van der Waals surface area contributed by atoms with Crippen LogP contribution in [0.1, 0.15) is 30.6 Å². The van der Waals surface area contributed by atoms with E-state index >= 15 is 0 Å². The van der Waals surface area contributed by atoms with Crippen LogP contribution >= 0.6 is 11.3 Å². The SMILES string of the molecule is NCC1CCC(C(=O)Cc2cccs2)CC1. The normalized spacial score (nSPS) is 25.6. The highest BCUT2D eigenvalue weighted by Gasteiger charge is 2.25. The van der Waals surface area contributed by atoms with Crippen LogP contribution in [0.4, 0.5) is 0 Å². The lowest BCUT2D eigenvalue weighted by Crippen LogP contribution is -2.26. The lowest BCUT2D eigenvalue weighted by Gasteiger charge is -2.26. The van der Waals surface area contributed by atoms with E-state index in [0.717, 1.165) is 32.2 Å². The van der Waals surface area contributed by atoms with Gasteiger partial charge in [-0.3, -0.25) is 4.79 Å². The Morgan fingerprint density at radius 2 is 2.12 bits per heavy atom. The third-order valence-corrected chi connectivity index (χ3v) is 4.44. The van der Waals surface area contributed by atoms with Crippen molar-refractivity contribution in [1.82, 2.24) is 0 Å². The Morgan fingerprint density at radius 1 is 1.38 bits per heavy atom. The summed E-state index contributed by atoms with van der Waals surface area (Å²) in [6.45, 7) is 0.784. The molecule has 1 saturated carbocycles. The van der Waals surface area contributed by atoms with E-state index in [0.29, 0.717) is 24.0 Å². The van der Waals surface area contributed by atoms with E-state index < -0.39 is 0 Å². The molecule has 0 unspecified atom stereocenters. The largest absolute Gasteiger partial charge is 0.330 e. The first-order chi connectivity index (χ1) is 7.79. The molecule has 0 amide bonds. The van der Waals surface area contributed by atoms with Crippen LogP contribution < -0.4 is 5.73 Å². The lowest BCUT2D eigenvalue weighted by molar-refractivity contribution is -0.123. The number of carbonyl (C=O) groups excluding carboxylic acids is 1. The van der Waals surface area contributed by atoms with Gasteiger partial charge in [-0.15, -0.1) is 11.3 Å². The van der Waals surface area contributed by atoms with Gasteiger partial charge in [0, 0.05) is 17.2 Å². The second-order valence-electron chi connectivity index (χ2n) is 4.68. The summed E-state index contributed by atoms with van der Waals surface area (Å²) < 4.78 is 0. The summed E-state index contributed by atoms with van der Waals surface area (Å²) in [6.07, 6.45) is 5.00. The summed E-state index contributed by atoms with van der Waals surface area (Å²) in [7, 11) is 0. The van der Waals surface area contributed by atoms with Crippen LogP contribution in [0.3, 0.4) is 0 Å². The first-order valence-corrected chi connectivity index (χ1v) is 6.92. The van der Waals surface area contributed by atoms with Crippen molar-refractivity contribution in [2.24, 2.45) is 17.6 Å². The average Bonchev–Trinajstić information content (AvgIpc) is 2.82. The minimum atomic E-state index is 0.296. The predicted octanol–water partition coefficient (Wildman–Crippen LogP) is 2.62. The standard InChI is InChI=1S/C13H19NOS/c14-9-10-3-5-11(6-4-10)13(15)8-12-2-1-7-16-12/h1-2,7,10-11H,3-6,8-9,14H2. The highest BCUT2D eigenvalue weighted by atomic mass is 32.1. The van der Waals surface area contributed by atoms with Crippen LogP contribution in [0, 0.1) is 11.8 Å². The molecule has 2 rings (SSSR count). The van der Waals surface area contributed by atoms with Gasteiger partial charge >= 0.3 is 0 Å². The number of carbonyl (C=O) groups is 1. The van der Waals surface area contributed by atoms with E-state index in [1.165, 1.54) is 4.88 Å². The van der Waals surface area contributed by atoms with Gasteiger partial charge in [-0.25, -0.2) is 0 Å². The number of rotatable bonds is 4. The number of hydrogen-bond acceptors (Lipinski definition) is 3. The van der Waals surface area contributed by atoms with Crippen LogP contribution in [0.25, 0.3) is 0 Å². The first kappa shape index (κ1) is 11.8. The summed E-state index contributed by atoms with van der Waals surface area (Å²) in [5.74, 6) is 1.38. The Bertz CT molecular complexity index is 326. The van der Waals surface area contributed by atoms with E-state index in [-0.39, 0.29) is 0 Å². The quantitative estimate of drug-likeness (QED) is 0.874. The van der Waals surface area contributed by atoms with Crippen molar-refractivity contribution in [3.63, 3.8) is 0 Å². The van der Waals surface area contributed by atoms with Crippen molar-refractivity contribution in [2.45, 2.75) is 32.1 Å². The van der Waals surface area contributed by atoms with Gasteiger partial charge in [0.15, 0.2) is 0 Å². The molecule has 0 aliphatic heterocycles. The summed E-state index contributed by atoms with van der Waals surface area (Å²) in [6, 6.07) is 4.06. The summed E-state index contributed by atoms with van der Waals surface area (Å²) in [5.41, 5.74) is 5.65. The fourth-order valence-electron chi connectivity index (χ4n) is 2.45. The molecule has 1 aromatic heterocycles. The molecule has 2 nitrogen and oxygen atoms in total. The van der Waals surface area contributed by atoms with E-state index in [2.05, 4.69) is 0 Å². The Labute approximate surface area is 101 Å². The van der Waals surface area contributed by atoms with Crippen molar-refractivity contribution in [2.75, 3.05) is 6.54 Å². The molecule has 1 aromatic rings. The molecule has 1 aliphatic carbocycles. The number of thiophene rings is 1. The topological polar surface area (TPSA) is 43.1 Å². The molecule has 16 heavy (non-hydrogen) atoms. The van der Waals surface area contributed by atoms with Crippen LogP contribution in [-0.4, -0.2) is 12.3 Å². The second-order valence-corrected chi connectivity index (χ2v) is 5.71. The minimum Gasteiger partial charge on any atom is -0.330 e. The molecule has 0 radical (unpaired) electrons. The third-order valence-electron chi connectivity index (χ3n) is 3.56. The molecule has 1 aliphatic rings. The summed E-state index contributed by atoms with van der Waals surface area (Å²) in [5, 5.41) is 2.04. The van der Waals surface area contributed by atoms with Gasteiger partial charge in [-0.1, -0.05) is 6.07 Å². The Hall–Kier alpha value is -0.670. The molecule has 2 N–H and O–H groups in total. The van der Waals surface area contributed by atoms with Crippen LogP contribution in [-0.2, 0) is 11.2 Å². The Kier molecular flexibility index (Phi) is 4.13. The van der Waals surface area contributed by atoms with Crippen molar-refractivity contribution < 1.29 is 4.79 Å². The minimum absolute atomic E-state index is 0.296. The molecule has 0 atom stereocenters. The van der Waals surface area contributed by atoms with Crippen LogP contribution in [0.5, 0.6) is 0 Å². The van der Waals surface area contributed by atoms with Crippen molar-refractivity contribution in [1.29, 1.82) is 0 Å². The monoisotopic (exact) mass is 237 g/mol. The zero-order chi connectivity index (χ0) is 11.4. The molecule has 0 aromatic carbocycles. The number of hydrogen-bond donors (Lipinski definition) is 1. The van der Waals surface area contributed by atoms with Gasteiger partial charge in [0.1, 0.15) is 5.78 Å². The predicted molar refractivity (Wildman–Crippen MR) is 67.5 cm³/mol. The zero-order valence-corrected chi connectivity index (χ0v) is 10.3. The molecular formula is C13H19NOS. The molecule has 88 valence electrons. The maximum atomic E-state index is 12.0. The fraction of sp³-hybridized carbons (Fsp3) is 0.615. The van der Waals surface area contributed by atoms with Crippen LogP contribution in [0.2, 0.25) is 0 Å². The second kappa shape index (κ2) is 5.60. The number of nitrogens with two attached hydrogens (primary N) is 1. The van der Waals surface area contributed by atoms with Gasteiger partial charge in [0.25, 0.3) is 0 Å². The molecule has 0 saturated heterocycles. The van der Waals surface area contributed by atoms with Crippen molar-refractivity contribution >= 4 is 17.1 Å². The Morgan fingerprint density at radius 3 is 2.69 bits per heavy atom. The molecule has 1 fully saturated rings. The molecule has 1 heterocycles. The zero-order valence-electron chi connectivity index (χ0n) is 9.52. The van der Waals surface area contributed by atoms with Gasteiger partial charge < -0.3 is 5.73 Å². The summed E-state index contributed by atoms with van der Waals surface area (Å²) in [4.78, 5) is 13.2. The summed E-state index contributed by atoms with van der Waals surface area (Å²) >= 11 is 1.68. The van der Waals surface area contributed by atoms with E-state index in [1.807, 2.05) is 17.5 Å². The highest BCUT2D eigenvalue weighted by molar-refractivity contribution is 7.10.